The Balaban J connectivity index is 3.41. The molecule has 0 radical (unpaired) electrons. The lowest BCUT2D eigenvalue weighted by Gasteiger charge is -2.05. The molecule has 72 valence electrons. The second kappa shape index (κ2) is 4.16. The van der Waals surface area contributed by atoms with Gasteiger partial charge in [0, 0.05) is 4.90 Å². The van der Waals surface area contributed by atoms with Crippen molar-refractivity contribution in [3.63, 3.8) is 0 Å². The minimum Gasteiger partial charge on any atom is -0.465 e. The number of nitrogens with zero attached hydrogens (tertiary/aromatic N) is 1. The van der Waals surface area contributed by atoms with E-state index < -0.39 is 5.97 Å². The highest BCUT2D eigenvalue weighted by atomic mass is 32.1. The van der Waals surface area contributed by atoms with Crippen LogP contribution in [0.15, 0.2) is 17.0 Å². The van der Waals surface area contributed by atoms with Crippen molar-refractivity contribution in [2.45, 2.75) is 11.8 Å². The fourth-order valence-electron chi connectivity index (χ4n) is 1.16. The molecule has 0 aliphatic heterocycles. The Morgan fingerprint density at radius 1 is 1.57 bits per heavy atom. The first-order valence-electron chi connectivity index (χ1n) is 3.92. The molecule has 0 saturated carbocycles. The molecule has 0 saturated heterocycles. The molecule has 0 aliphatic rings. The van der Waals surface area contributed by atoms with Gasteiger partial charge in [-0.05, 0) is 24.6 Å². The second-order valence-electron chi connectivity index (χ2n) is 2.81. The number of carbonyl (C=O) groups is 1. The number of nitriles is 1. The molecule has 0 N–H and O–H groups in total. The fraction of sp³-hybridized carbons (Fsp3) is 0.200. The number of esters is 1. The SMILES string of the molecule is COC(=O)c1cc(C)cc(S)c1C#N. The van der Waals surface area contributed by atoms with Crippen LogP contribution >= 0.6 is 12.6 Å². The average molecular weight is 207 g/mol. The smallest absolute Gasteiger partial charge is 0.339 e. The minimum absolute atomic E-state index is 0.255. The van der Waals surface area contributed by atoms with E-state index in [2.05, 4.69) is 17.4 Å². The van der Waals surface area contributed by atoms with E-state index >= 15 is 0 Å². The highest BCUT2D eigenvalue weighted by Crippen LogP contribution is 2.20. The Bertz CT molecular complexity index is 421. The summed E-state index contributed by atoms with van der Waals surface area (Å²) in [6.07, 6.45) is 0. The maximum Gasteiger partial charge on any atom is 0.339 e. The van der Waals surface area contributed by atoms with E-state index in [1.807, 2.05) is 13.0 Å². The van der Waals surface area contributed by atoms with E-state index in [0.717, 1.165) is 5.56 Å². The summed E-state index contributed by atoms with van der Waals surface area (Å²) >= 11 is 4.12. The second-order valence-corrected chi connectivity index (χ2v) is 3.29. The molecule has 1 aromatic carbocycles. The third-order valence-electron chi connectivity index (χ3n) is 1.78. The van der Waals surface area contributed by atoms with Crippen LogP contribution in [0.4, 0.5) is 0 Å². The quantitative estimate of drug-likeness (QED) is 0.565. The fourth-order valence-corrected chi connectivity index (χ4v) is 1.53. The van der Waals surface area contributed by atoms with Gasteiger partial charge in [0.2, 0.25) is 0 Å². The maximum absolute atomic E-state index is 11.3. The van der Waals surface area contributed by atoms with E-state index in [1.54, 1.807) is 12.1 Å². The van der Waals surface area contributed by atoms with E-state index in [4.69, 9.17) is 5.26 Å². The molecule has 0 atom stereocenters. The van der Waals surface area contributed by atoms with Crippen LogP contribution in [0.5, 0.6) is 0 Å². The van der Waals surface area contributed by atoms with Crippen molar-refractivity contribution < 1.29 is 9.53 Å². The van der Waals surface area contributed by atoms with Crippen LogP contribution in [-0.2, 0) is 4.74 Å². The number of ether oxygens (including phenoxy) is 1. The van der Waals surface area contributed by atoms with Gasteiger partial charge in [-0.3, -0.25) is 0 Å². The Morgan fingerprint density at radius 2 is 2.21 bits per heavy atom. The summed E-state index contributed by atoms with van der Waals surface area (Å²) in [6, 6.07) is 5.27. The van der Waals surface area contributed by atoms with Gasteiger partial charge in [-0.2, -0.15) is 5.26 Å². The molecule has 4 heteroatoms. The average Bonchev–Trinajstić information content (AvgIpc) is 2.15. The number of hydrogen-bond acceptors (Lipinski definition) is 4. The summed E-state index contributed by atoms with van der Waals surface area (Å²) in [7, 11) is 1.28. The number of hydrogen-bond donors (Lipinski definition) is 1. The van der Waals surface area contributed by atoms with Crippen molar-refractivity contribution in [2.75, 3.05) is 7.11 Å². The zero-order valence-electron chi connectivity index (χ0n) is 7.87. The zero-order chi connectivity index (χ0) is 10.7. The Morgan fingerprint density at radius 3 is 2.71 bits per heavy atom. The third-order valence-corrected chi connectivity index (χ3v) is 2.13. The van der Waals surface area contributed by atoms with Crippen LogP contribution in [0, 0.1) is 18.3 Å². The highest BCUT2D eigenvalue weighted by Gasteiger charge is 2.14. The number of benzene rings is 1. The van der Waals surface area contributed by atoms with Gasteiger partial charge in [-0.25, -0.2) is 4.79 Å². The van der Waals surface area contributed by atoms with Crippen LogP contribution in [-0.4, -0.2) is 13.1 Å². The largest absolute Gasteiger partial charge is 0.465 e. The van der Waals surface area contributed by atoms with Gasteiger partial charge in [0.25, 0.3) is 0 Å². The number of thiol groups is 1. The summed E-state index contributed by atoms with van der Waals surface area (Å²) in [5.41, 5.74) is 1.39. The molecule has 0 heterocycles. The first kappa shape index (κ1) is 10.6. The summed E-state index contributed by atoms with van der Waals surface area (Å²) in [4.78, 5) is 11.8. The van der Waals surface area contributed by atoms with Gasteiger partial charge < -0.3 is 4.74 Å². The molecule has 0 aliphatic carbocycles. The van der Waals surface area contributed by atoms with Gasteiger partial charge in [0.1, 0.15) is 6.07 Å². The monoisotopic (exact) mass is 207 g/mol. The van der Waals surface area contributed by atoms with Gasteiger partial charge in [-0.15, -0.1) is 12.6 Å². The lowest BCUT2D eigenvalue weighted by molar-refractivity contribution is 0.0600. The van der Waals surface area contributed by atoms with E-state index in [0.29, 0.717) is 4.90 Å². The van der Waals surface area contributed by atoms with Crippen molar-refractivity contribution in [2.24, 2.45) is 0 Å². The maximum atomic E-state index is 11.3. The molecule has 14 heavy (non-hydrogen) atoms. The molecule has 0 fully saturated rings. The lowest BCUT2D eigenvalue weighted by atomic mass is 10.1. The van der Waals surface area contributed by atoms with Crippen LogP contribution in [0.2, 0.25) is 0 Å². The van der Waals surface area contributed by atoms with E-state index in [9.17, 15) is 4.79 Å². The summed E-state index contributed by atoms with van der Waals surface area (Å²) in [6.45, 7) is 1.83. The number of aryl methyl sites for hydroxylation is 1. The molecule has 0 spiro atoms. The molecule has 0 amide bonds. The molecule has 1 aromatic rings. The van der Waals surface area contributed by atoms with Crippen LogP contribution < -0.4 is 0 Å². The van der Waals surface area contributed by atoms with Gasteiger partial charge in [0.05, 0.1) is 18.2 Å². The van der Waals surface area contributed by atoms with Crippen molar-refractivity contribution in [1.82, 2.24) is 0 Å². The van der Waals surface area contributed by atoms with Crippen molar-refractivity contribution in [3.8, 4) is 6.07 Å². The summed E-state index contributed by atoms with van der Waals surface area (Å²) in [5, 5.41) is 8.83. The molecule has 0 unspecified atom stereocenters. The predicted molar refractivity (Wildman–Crippen MR) is 54.5 cm³/mol. The van der Waals surface area contributed by atoms with Crippen molar-refractivity contribution >= 4 is 18.6 Å². The molecule has 3 nitrogen and oxygen atoms in total. The topological polar surface area (TPSA) is 50.1 Å². The highest BCUT2D eigenvalue weighted by molar-refractivity contribution is 7.80. The predicted octanol–water partition coefficient (Wildman–Crippen LogP) is 1.94. The Kier molecular flexibility index (Phi) is 3.15. The van der Waals surface area contributed by atoms with Crippen LogP contribution in [0.25, 0.3) is 0 Å². The minimum atomic E-state index is -0.513. The van der Waals surface area contributed by atoms with Crippen LogP contribution in [0.1, 0.15) is 21.5 Å². The van der Waals surface area contributed by atoms with Crippen molar-refractivity contribution in [1.29, 1.82) is 5.26 Å². The standard InChI is InChI=1S/C10H9NO2S/c1-6-3-7(10(12)13-2)8(5-11)9(14)4-6/h3-4,14H,1-2H3. The van der Waals surface area contributed by atoms with E-state index in [1.165, 1.54) is 7.11 Å². The zero-order valence-corrected chi connectivity index (χ0v) is 8.76. The first-order valence-corrected chi connectivity index (χ1v) is 4.37. The molecule has 0 bridgehead atoms. The third kappa shape index (κ3) is 1.88. The molecule has 1 rings (SSSR count). The Labute approximate surface area is 87.7 Å². The van der Waals surface area contributed by atoms with Gasteiger partial charge in [0.15, 0.2) is 0 Å². The molecular formula is C10H9NO2S. The molecule has 0 aromatic heterocycles. The van der Waals surface area contributed by atoms with E-state index in [-0.39, 0.29) is 11.1 Å². The number of methoxy groups -OCH3 is 1. The number of rotatable bonds is 1. The lowest BCUT2D eigenvalue weighted by Crippen LogP contribution is -2.05. The summed E-state index contributed by atoms with van der Waals surface area (Å²) < 4.78 is 4.56. The first-order chi connectivity index (χ1) is 6.60. The number of carbonyl (C=O) groups excluding carboxylic acids is 1. The van der Waals surface area contributed by atoms with Crippen molar-refractivity contribution in [3.05, 3.63) is 28.8 Å². The molecular weight excluding hydrogens is 198 g/mol. The Hall–Kier alpha value is -1.47. The van der Waals surface area contributed by atoms with Crippen LogP contribution in [0.3, 0.4) is 0 Å². The van der Waals surface area contributed by atoms with Gasteiger partial charge in [-0.1, -0.05) is 0 Å². The normalized spacial score (nSPS) is 9.29. The summed E-state index contributed by atoms with van der Waals surface area (Å²) in [5.74, 6) is -0.513. The van der Waals surface area contributed by atoms with Gasteiger partial charge >= 0.3 is 5.97 Å².